The van der Waals surface area contributed by atoms with Gasteiger partial charge in [-0.3, -0.25) is 4.79 Å². The molecular weight excluding hydrogens is 258 g/mol. The van der Waals surface area contributed by atoms with Crippen LogP contribution in [0.4, 0.5) is 0 Å². The molecule has 19 heavy (non-hydrogen) atoms. The fourth-order valence-electron chi connectivity index (χ4n) is 2.80. The number of aryl methyl sites for hydroxylation is 2. The van der Waals surface area contributed by atoms with E-state index in [4.69, 9.17) is 5.26 Å². The first kappa shape index (κ1) is 12.6. The van der Waals surface area contributed by atoms with Crippen molar-refractivity contribution in [3.8, 4) is 6.07 Å². The Bertz CT molecular complexity index is 508. The molecule has 4 nitrogen and oxygen atoms in total. The summed E-state index contributed by atoms with van der Waals surface area (Å²) in [5, 5.41) is 12.3. The third-order valence-electron chi connectivity index (χ3n) is 3.86. The van der Waals surface area contributed by atoms with Crippen LogP contribution in [0.25, 0.3) is 0 Å². The lowest BCUT2D eigenvalue weighted by Gasteiger charge is -2.31. The van der Waals surface area contributed by atoms with Crippen LogP contribution in [-0.2, 0) is 12.8 Å². The first-order chi connectivity index (χ1) is 9.29. The largest absolute Gasteiger partial charge is 0.319 e. The summed E-state index contributed by atoms with van der Waals surface area (Å²) in [7, 11) is 0. The van der Waals surface area contributed by atoms with Gasteiger partial charge in [0.25, 0.3) is 5.91 Å². The van der Waals surface area contributed by atoms with E-state index in [2.05, 4.69) is 17.5 Å². The fourth-order valence-corrected chi connectivity index (χ4v) is 4.01. The highest BCUT2D eigenvalue weighted by molar-refractivity contribution is 7.14. The third-order valence-corrected chi connectivity index (χ3v) is 5.09. The highest BCUT2D eigenvalue weighted by Crippen LogP contribution is 2.30. The standard InChI is InChI=1S/C14H17N3OS/c15-8-11-9-16-5-6-17(11)14(18)13-7-10-3-1-2-4-12(10)19-13/h7,11,16H,1-6,9H2. The molecule has 2 aliphatic rings. The van der Waals surface area contributed by atoms with Crippen molar-refractivity contribution in [3.63, 3.8) is 0 Å². The summed E-state index contributed by atoms with van der Waals surface area (Å²) in [5.74, 6) is 0.0347. The van der Waals surface area contributed by atoms with Gasteiger partial charge >= 0.3 is 0 Å². The molecule has 0 bridgehead atoms. The van der Waals surface area contributed by atoms with E-state index in [1.807, 2.05) is 0 Å². The van der Waals surface area contributed by atoms with E-state index in [0.29, 0.717) is 13.1 Å². The van der Waals surface area contributed by atoms with Gasteiger partial charge in [-0.2, -0.15) is 5.26 Å². The first-order valence-corrected chi connectivity index (χ1v) is 7.64. The zero-order valence-electron chi connectivity index (χ0n) is 10.8. The second kappa shape index (κ2) is 5.32. The molecule has 1 saturated heterocycles. The Labute approximate surface area is 117 Å². The highest BCUT2D eigenvalue weighted by Gasteiger charge is 2.29. The van der Waals surface area contributed by atoms with Crippen LogP contribution in [0, 0.1) is 11.3 Å². The number of rotatable bonds is 1. The number of carbonyl (C=O) groups is 1. The molecule has 0 radical (unpaired) electrons. The van der Waals surface area contributed by atoms with E-state index < -0.39 is 0 Å². The van der Waals surface area contributed by atoms with Crippen LogP contribution in [-0.4, -0.2) is 36.5 Å². The molecule has 3 rings (SSSR count). The summed E-state index contributed by atoms with van der Waals surface area (Å²) in [6.07, 6.45) is 4.67. The number of nitriles is 1. The van der Waals surface area contributed by atoms with Crippen LogP contribution >= 0.6 is 11.3 Å². The molecule has 1 N–H and O–H groups in total. The summed E-state index contributed by atoms with van der Waals surface area (Å²) in [6, 6.07) is 3.93. The van der Waals surface area contributed by atoms with Crippen LogP contribution in [0.2, 0.25) is 0 Å². The molecule has 1 unspecified atom stereocenters. The van der Waals surface area contributed by atoms with Crippen molar-refractivity contribution >= 4 is 17.2 Å². The number of thiophene rings is 1. The SMILES string of the molecule is N#CC1CNCCN1C(=O)c1cc2c(s1)CCCC2. The van der Waals surface area contributed by atoms with E-state index in [0.717, 1.165) is 24.3 Å². The summed E-state index contributed by atoms with van der Waals surface area (Å²) in [5.41, 5.74) is 1.35. The number of hydrogen-bond donors (Lipinski definition) is 1. The van der Waals surface area contributed by atoms with Crippen LogP contribution in [0.15, 0.2) is 6.07 Å². The molecule has 0 spiro atoms. The molecular formula is C14H17N3OS. The molecule has 1 aliphatic carbocycles. The lowest BCUT2D eigenvalue weighted by atomic mass is 9.99. The first-order valence-electron chi connectivity index (χ1n) is 6.82. The quantitative estimate of drug-likeness (QED) is 0.846. The molecule has 2 heterocycles. The average molecular weight is 275 g/mol. The van der Waals surface area contributed by atoms with Gasteiger partial charge in [0.15, 0.2) is 0 Å². The molecule has 1 atom stereocenters. The van der Waals surface area contributed by atoms with Crippen molar-refractivity contribution in [1.29, 1.82) is 5.26 Å². The van der Waals surface area contributed by atoms with Gasteiger partial charge in [-0.15, -0.1) is 11.3 Å². The van der Waals surface area contributed by atoms with Crippen molar-refractivity contribution in [1.82, 2.24) is 10.2 Å². The predicted octanol–water partition coefficient (Wildman–Crippen LogP) is 1.56. The molecule has 1 aliphatic heterocycles. The Morgan fingerprint density at radius 1 is 1.47 bits per heavy atom. The van der Waals surface area contributed by atoms with Crippen LogP contribution in [0.5, 0.6) is 0 Å². The monoisotopic (exact) mass is 275 g/mol. The fraction of sp³-hybridized carbons (Fsp3) is 0.571. The Hall–Kier alpha value is -1.38. The van der Waals surface area contributed by atoms with E-state index in [9.17, 15) is 4.79 Å². The Morgan fingerprint density at radius 3 is 3.11 bits per heavy atom. The van der Waals surface area contributed by atoms with Crippen LogP contribution in [0.1, 0.15) is 33.0 Å². The molecule has 1 fully saturated rings. The highest BCUT2D eigenvalue weighted by atomic mass is 32.1. The predicted molar refractivity (Wildman–Crippen MR) is 74.3 cm³/mol. The van der Waals surface area contributed by atoms with E-state index in [1.54, 1.807) is 16.2 Å². The number of fused-ring (bicyclic) bond motifs is 1. The van der Waals surface area contributed by atoms with Gasteiger partial charge in [-0.05, 0) is 37.3 Å². The van der Waals surface area contributed by atoms with Gasteiger partial charge in [-0.1, -0.05) is 0 Å². The molecule has 100 valence electrons. The maximum atomic E-state index is 12.5. The van der Waals surface area contributed by atoms with E-state index >= 15 is 0 Å². The molecule has 1 aromatic rings. The zero-order chi connectivity index (χ0) is 13.2. The van der Waals surface area contributed by atoms with Crippen molar-refractivity contribution in [2.45, 2.75) is 31.7 Å². The molecule has 0 aromatic carbocycles. The minimum Gasteiger partial charge on any atom is -0.319 e. The zero-order valence-corrected chi connectivity index (χ0v) is 11.6. The number of piperazine rings is 1. The second-order valence-corrected chi connectivity index (χ2v) is 6.25. The van der Waals surface area contributed by atoms with E-state index in [1.165, 1.54) is 23.3 Å². The molecule has 0 saturated carbocycles. The topological polar surface area (TPSA) is 56.1 Å². The number of hydrogen-bond acceptors (Lipinski definition) is 4. The normalized spacial score (nSPS) is 22.7. The summed E-state index contributed by atoms with van der Waals surface area (Å²) >= 11 is 1.63. The smallest absolute Gasteiger partial charge is 0.265 e. The number of carbonyl (C=O) groups excluding carboxylic acids is 1. The summed E-state index contributed by atoms with van der Waals surface area (Å²) < 4.78 is 0. The Kier molecular flexibility index (Phi) is 3.54. The summed E-state index contributed by atoms with van der Waals surface area (Å²) in [4.78, 5) is 16.4. The van der Waals surface area contributed by atoms with E-state index in [-0.39, 0.29) is 11.9 Å². The van der Waals surface area contributed by atoms with Gasteiger partial charge in [0.1, 0.15) is 6.04 Å². The number of amides is 1. The van der Waals surface area contributed by atoms with Gasteiger partial charge < -0.3 is 10.2 Å². The minimum absolute atomic E-state index is 0.0347. The van der Waals surface area contributed by atoms with Gasteiger partial charge in [0.05, 0.1) is 10.9 Å². The van der Waals surface area contributed by atoms with Crippen molar-refractivity contribution < 1.29 is 4.79 Å². The van der Waals surface area contributed by atoms with Crippen molar-refractivity contribution in [2.75, 3.05) is 19.6 Å². The Morgan fingerprint density at radius 2 is 2.32 bits per heavy atom. The maximum Gasteiger partial charge on any atom is 0.265 e. The average Bonchev–Trinajstić information content (AvgIpc) is 2.90. The maximum absolute atomic E-state index is 12.5. The molecule has 1 amide bonds. The Balaban J connectivity index is 1.83. The summed E-state index contributed by atoms with van der Waals surface area (Å²) in [6.45, 7) is 1.97. The number of nitrogens with one attached hydrogen (secondary N) is 1. The lowest BCUT2D eigenvalue weighted by Crippen LogP contribution is -2.52. The molecule has 1 aromatic heterocycles. The number of nitrogens with zero attached hydrogens (tertiary/aromatic N) is 2. The van der Waals surface area contributed by atoms with Crippen molar-refractivity contribution in [2.24, 2.45) is 0 Å². The lowest BCUT2D eigenvalue weighted by molar-refractivity contribution is 0.0692. The second-order valence-electron chi connectivity index (χ2n) is 5.11. The van der Waals surface area contributed by atoms with Crippen molar-refractivity contribution in [3.05, 3.63) is 21.4 Å². The molecule has 5 heteroatoms. The van der Waals surface area contributed by atoms with Crippen LogP contribution in [0.3, 0.4) is 0 Å². The van der Waals surface area contributed by atoms with Gasteiger partial charge in [0, 0.05) is 24.5 Å². The minimum atomic E-state index is -0.333. The van der Waals surface area contributed by atoms with Crippen LogP contribution < -0.4 is 5.32 Å². The van der Waals surface area contributed by atoms with Gasteiger partial charge in [-0.25, -0.2) is 0 Å². The third kappa shape index (κ3) is 2.38. The van der Waals surface area contributed by atoms with Gasteiger partial charge in [0.2, 0.25) is 0 Å².